The molecule has 7 heteroatoms. The van der Waals surface area contributed by atoms with Gasteiger partial charge >= 0.3 is 0 Å². The molecule has 2 heterocycles. The van der Waals surface area contributed by atoms with E-state index in [-0.39, 0.29) is 0 Å². The van der Waals surface area contributed by atoms with Gasteiger partial charge in [0.2, 0.25) is 5.95 Å². The summed E-state index contributed by atoms with van der Waals surface area (Å²) in [6.07, 6.45) is 6.25. The molecule has 126 valence electrons. The van der Waals surface area contributed by atoms with E-state index in [9.17, 15) is 0 Å². The number of aromatic nitrogens is 2. The van der Waals surface area contributed by atoms with Gasteiger partial charge in [-0.2, -0.15) is 0 Å². The van der Waals surface area contributed by atoms with Crippen LogP contribution in [-0.2, 0) is 4.74 Å². The number of nitrogens with one attached hydrogen (secondary N) is 1. The van der Waals surface area contributed by atoms with Crippen molar-refractivity contribution in [2.24, 2.45) is 10.9 Å². The average Bonchev–Trinajstić information content (AvgIpc) is 3.43. The van der Waals surface area contributed by atoms with Crippen molar-refractivity contribution < 1.29 is 4.74 Å². The molecule has 1 aromatic heterocycles. The molecule has 1 saturated heterocycles. The van der Waals surface area contributed by atoms with E-state index in [2.05, 4.69) is 30.1 Å². The van der Waals surface area contributed by atoms with Crippen LogP contribution < -0.4 is 10.2 Å². The van der Waals surface area contributed by atoms with Crippen molar-refractivity contribution in [2.75, 3.05) is 57.9 Å². The Hall–Kier alpha value is -1.89. The lowest BCUT2D eigenvalue weighted by atomic mass is 10.3. The van der Waals surface area contributed by atoms with Crippen LogP contribution in [0.1, 0.15) is 12.8 Å². The maximum atomic E-state index is 5.65. The number of ether oxygens (including phenoxy) is 1. The van der Waals surface area contributed by atoms with E-state index in [1.165, 1.54) is 12.8 Å². The van der Waals surface area contributed by atoms with Crippen LogP contribution in [0.4, 0.5) is 5.95 Å². The predicted molar refractivity (Wildman–Crippen MR) is 90.7 cm³/mol. The molecule has 1 saturated carbocycles. The van der Waals surface area contributed by atoms with Crippen molar-refractivity contribution in [3.05, 3.63) is 18.5 Å². The zero-order valence-electron chi connectivity index (χ0n) is 13.8. The number of aliphatic imine (C=N–C) groups is 1. The maximum absolute atomic E-state index is 5.65. The average molecular weight is 318 g/mol. The molecule has 2 fully saturated rings. The molecule has 7 nitrogen and oxygen atoms in total. The van der Waals surface area contributed by atoms with Crippen molar-refractivity contribution in [2.45, 2.75) is 12.8 Å². The van der Waals surface area contributed by atoms with Crippen molar-refractivity contribution in [1.29, 1.82) is 0 Å². The van der Waals surface area contributed by atoms with E-state index in [0.29, 0.717) is 0 Å². The lowest BCUT2D eigenvalue weighted by molar-refractivity contribution is 0.128. The molecular weight excluding hydrogens is 292 g/mol. The summed E-state index contributed by atoms with van der Waals surface area (Å²) < 4.78 is 5.65. The fraction of sp³-hybridized carbons (Fsp3) is 0.688. The van der Waals surface area contributed by atoms with Crippen LogP contribution in [0.25, 0.3) is 0 Å². The largest absolute Gasteiger partial charge is 0.379 e. The zero-order valence-corrected chi connectivity index (χ0v) is 13.8. The minimum absolute atomic E-state index is 0.743. The van der Waals surface area contributed by atoms with E-state index in [1.54, 1.807) is 12.4 Å². The quantitative estimate of drug-likeness (QED) is 0.471. The molecular formula is C16H26N6O. The molecule has 1 N–H and O–H groups in total. The lowest BCUT2D eigenvalue weighted by Crippen LogP contribution is -2.53. The van der Waals surface area contributed by atoms with E-state index in [0.717, 1.165) is 63.8 Å². The fourth-order valence-electron chi connectivity index (χ4n) is 2.67. The summed E-state index contributed by atoms with van der Waals surface area (Å²) in [5.74, 6) is 2.58. The molecule has 2 aliphatic rings. The van der Waals surface area contributed by atoms with Gasteiger partial charge in [0.05, 0.1) is 6.61 Å². The highest BCUT2D eigenvalue weighted by atomic mass is 16.5. The highest BCUT2D eigenvalue weighted by Gasteiger charge is 2.22. The summed E-state index contributed by atoms with van der Waals surface area (Å²) >= 11 is 0. The third-order valence-electron chi connectivity index (χ3n) is 4.21. The van der Waals surface area contributed by atoms with Crippen LogP contribution in [0.15, 0.2) is 23.5 Å². The van der Waals surface area contributed by atoms with Crippen LogP contribution in [-0.4, -0.2) is 73.8 Å². The standard InChI is InChI=1S/C16H26N6O/c1-17-15(20-7-12-23-13-14-3-4-14)21-8-10-22(11-9-21)16-18-5-2-6-19-16/h2,5-6,14H,3-4,7-13H2,1H3,(H,17,20). The van der Waals surface area contributed by atoms with E-state index >= 15 is 0 Å². The monoisotopic (exact) mass is 318 g/mol. The second kappa shape index (κ2) is 8.10. The molecule has 1 aliphatic carbocycles. The smallest absolute Gasteiger partial charge is 0.225 e. The van der Waals surface area contributed by atoms with Crippen LogP contribution >= 0.6 is 0 Å². The van der Waals surface area contributed by atoms with E-state index in [1.807, 2.05) is 13.1 Å². The van der Waals surface area contributed by atoms with Gasteiger partial charge in [-0.1, -0.05) is 0 Å². The highest BCUT2D eigenvalue weighted by molar-refractivity contribution is 5.80. The van der Waals surface area contributed by atoms with Crippen molar-refractivity contribution >= 4 is 11.9 Å². The highest BCUT2D eigenvalue weighted by Crippen LogP contribution is 2.28. The Labute approximate surface area is 137 Å². The van der Waals surface area contributed by atoms with Crippen molar-refractivity contribution in [1.82, 2.24) is 20.2 Å². The summed E-state index contributed by atoms with van der Waals surface area (Å²) in [7, 11) is 1.83. The third kappa shape index (κ3) is 4.79. The molecule has 0 spiro atoms. The molecule has 0 aromatic carbocycles. The number of guanidine groups is 1. The Morgan fingerprint density at radius 2 is 2.00 bits per heavy atom. The van der Waals surface area contributed by atoms with E-state index in [4.69, 9.17) is 4.74 Å². The Morgan fingerprint density at radius 1 is 1.26 bits per heavy atom. The van der Waals surface area contributed by atoms with Gasteiger partial charge in [0, 0.05) is 58.8 Å². The minimum atomic E-state index is 0.743. The Bertz CT molecular complexity index is 497. The number of nitrogens with zero attached hydrogens (tertiary/aromatic N) is 5. The number of hydrogen-bond donors (Lipinski definition) is 1. The summed E-state index contributed by atoms with van der Waals surface area (Å²) in [4.78, 5) is 17.5. The number of rotatable bonds is 6. The first kappa shape index (κ1) is 16.0. The minimum Gasteiger partial charge on any atom is -0.379 e. The summed E-state index contributed by atoms with van der Waals surface area (Å²) in [5, 5.41) is 3.39. The fourth-order valence-corrected chi connectivity index (χ4v) is 2.67. The van der Waals surface area contributed by atoms with Gasteiger partial charge in [0.1, 0.15) is 0 Å². The summed E-state index contributed by atoms with van der Waals surface area (Å²) in [5.41, 5.74) is 0. The van der Waals surface area contributed by atoms with Crippen molar-refractivity contribution in [3.63, 3.8) is 0 Å². The second-order valence-electron chi connectivity index (χ2n) is 6.02. The molecule has 0 atom stereocenters. The van der Waals surface area contributed by atoms with Gasteiger partial charge in [-0.05, 0) is 24.8 Å². The normalized spacial score (nSPS) is 19.1. The zero-order chi connectivity index (χ0) is 15.9. The molecule has 1 aliphatic heterocycles. The third-order valence-corrected chi connectivity index (χ3v) is 4.21. The SMILES string of the molecule is CN=C(NCCOCC1CC1)N1CCN(c2ncccn2)CC1. The molecule has 0 bridgehead atoms. The Balaban J connectivity index is 1.38. The van der Waals surface area contributed by atoms with E-state index < -0.39 is 0 Å². The molecule has 0 radical (unpaired) electrons. The Morgan fingerprint density at radius 3 is 2.65 bits per heavy atom. The van der Waals surface area contributed by atoms with Gasteiger partial charge < -0.3 is 19.9 Å². The number of anilines is 1. The van der Waals surface area contributed by atoms with Gasteiger partial charge in [-0.3, -0.25) is 4.99 Å². The molecule has 3 rings (SSSR count). The topological polar surface area (TPSA) is 65.9 Å². The molecule has 1 aromatic rings. The lowest BCUT2D eigenvalue weighted by Gasteiger charge is -2.36. The Kier molecular flexibility index (Phi) is 5.63. The number of piperazine rings is 1. The summed E-state index contributed by atoms with van der Waals surface area (Å²) in [6, 6.07) is 1.84. The van der Waals surface area contributed by atoms with Crippen LogP contribution in [0.2, 0.25) is 0 Å². The van der Waals surface area contributed by atoms with Crippen molar-refractivity contribution in [3.8, 4) is 0 Å². The van der Waals surface area contributed by atoms with Crippen LogP contribution in [0.5, 0.6) is 0 Å². The number of hydrogen-bond acceptors (Lipinski definition) is 5. The maximum Gasteiger partial charge on any atom is 0.225 e. The van der Waals surface area contributed by atoms with Crippen LogP contribution in [0.3, 0.4) is 0 Å². The first-order chi connectivity index (χ1) is 11.4. The van der Waals surface area contributed by atoms with Gasteiger partial charge in [-0.25, -0.2) is 9.97 Å². The molecule has 23 heavy (non-hydrogen) atoms. The van der Waals surface area contributed by atoms with Crippen LogP contribution in [0, 0.1) is 5.92 Å². The van der Waals surface area contributed by atoms with Gasteiger partial charge in [0.15, 0.2) is 5.96 Å². The summed E-state index contributed by atoms with van der Waals surface area (Å²) in [6.45, 7) is 6.11. The predicted octanol–water partition coefficient (Wildman–Crippen LogP) is 0.601. The first-order valence-electron chi connectivity index (χ1n) is 8.42. The molecule has 0 amide bonds. The first-order valence-corrected chi connectivity index (χ1v) is 8.42. The van der Waals surface area contributed by atoms with Gasteiger partial charge in [0.25, 0.3) is 0 Å². The molecule has 0 unspecified atom stereocenters. The van der Waals surface area contributed by atoms with Gasteiger partial charge in [-0.15, -0.1) is 0 Å². The second-order valence-corrected chi connectivity index (χ2v) is 6.02.